The maximum atomic E-state index is 12.3. The predicted octanol–water partition coefficient (Wildman–Crippen LogP) is 3.79. The van der Waals surface area contributed by atoms with Crippen LogP contribution in [0.15, 0.2) is 60.7 Å². The van der Waals surface area contributed by atoms with Crippen molar-refractivity contribution >= 4 is 6.09 Å². The fourth-order valence-corrected chi connectivity index (χ4v) is 2.52. The molecule has 0 spiro atoms. The first-order valence-electron chi connectivity index (χ1n) is 8.00. The van der Waals surface area contributed by atoms with Crippen molar-refractivity contribution in [3.8, 4) is 0 Å². The molecule has 0 saturated heterocycles. The second-order valence-electron chi connectivity index (χ2n) is 6.93. The first-order valence-corrected chi connectivity index (χ1v) is 8.00. The zero-order valence-electron chi connectivity index (χ0n) is 14.7. The Morgan fingerprint density at radius 1 is 0.958 bits per heavy atom. The lowest BCUT2D eigenvalue weighted by atomic mass is 9.86. The molecular weight excluding hydrogens is 302 g/mol. The van der Waals surface area contributed by atoms with Crippen molar-refractivity contribution in [2.24, 2.45) is 0 Å². The zero-order chi connectivity index (χ0) is 17.8. The number of nitrogens with zero attached hydrogens (tertiary/aromatic N) is 1. The third kappa shape index (κ3) is 4.36. The Kier molecular flexibility index (Phi) is 5.30. The Balaban J connectivity index is 2.33. The summed E-state index contributed by atoms with van der Waals surface area (Å²) in [5.74, 6) is 0. The summed E-state index contributed by atoms with van der Waals surface area (Å²) >= 11 is 0. The van der Waals surface area contributed by atoms with Gasteiger partial charge in [0.2, 0.25) is 0 Å². The van der Waals surface area contributed by atoms with Crippen LogP contribution in [0, 0.1) is 0 Å². The summed E-state index contributed by atoms with van der Waals surface area (Å²) in [7, 11) is 1.63. The minimum absolute atomic E-state index is 0.0932. The average molecular weight is 327 g/mol. The van der Waals surface area contributed by atoms with Gasteiger partial charge in [-0.1, -0.05) is 60.7 Å². The van der Waals surface area contributed by atoms with E-state index in [4.69, 9.17) is 4.74 Å². The minimum atomic E-state index is -1.31. The van der Waals surface area contributed by atoms with Crippen LogP contribution in [0.4, 0.5) is 4.79 Å². The highest BCUT2D eigenvalue weighted by molar-refractivity contribution is 5.68. The van der Waals surface area contributed by atoms with E-state index in [-0.39, 0.29) is 6.54 Å². The Hall–Kier alpha value is -2.33. The molecule has 128 valence electrons. The summed E-state index contributed by atoms with van der Waals surface area (Å²) in [6.07, 6.45) is -0.465. The van der Waals surface area contributed by atoms with E-state index in [1.165, 1.54) is 4.90 Å². The van der Waals surface area contributed by atoms with Gasteiger partial charge in [-0.25, -0.2) is 4.79 Å². The fourth-order valence-electron chi connectivity index (χ4n) is 2.52. The van der Waals surface area contributed by atoms with E-state index < -0.39 is 17.3 Å². The largest absolute Gasteiger partial charge is 0.444 e. The molecule has 0 aliphatic rings. The van der Waals surface area contributed by atoms with E-state index in [0.29, 0.717) is 0 Å². The number of aliphatic hydroxyl groups is 1. The molecule has 4 nitrogen and oxygen atoms in total. The van der Waals surface area contributed by atoms with Gasteiger partial charge in [0.05, 0.1) is 6.54 Å². The molecule has 0 radical (unpaired) electrons. The quantitative estimate of drug-likeness (QED) is 0.929. The number of carbonyl (C=O) groups is 1. The normalized spacial score (nSPS) is 11.9. The number of ether oxygens (including phenoxy) is 1. The number of rotatable bonds is 4. The van der Waals surface area contributed by atoms with E-state index in [1.54, 1.807) is 7.05 Å². The van der Waals surface area contributed by atoms with Crippen molar-refractivity contribution in [2.75, 3.05) is 13.6 Å². The molecule has 0 fully saturated rings. The van der Waals surface area contributed by atoms with Crippen LogP contribution in [-0.4, -0.2) is 35.3 Å². The van der Waals surface area contributed by atoms with Crippen molar-refractivity contribution in [2.45, 2.75) is 32.0 Å². The molecular formula is C20H25NO3. The van der Waals surface area contributed by atoms with E-state index in [9.17, 15) is 9.90 Å². The third-order valence-corrected chi connectivity index (χ3v) is 3.67. The van der Waals surface area contributed by atoms with Gasteiger partial charge in [0.1, 0.15) is 11.2 Å². The van der Waals surface area contributed by atoms with Crippen LogP contribution in [-0.2, 0) is 10.3 Å². The van der Waals surface area contributed by atoms with Gasteiger partial charge in [0, 0.05) is 7.05 Å². The van der Waals surface area contributed by atoms with E-state index in [1.807, 2.05) is 81.4 Å². The number of likely N-dealkylation sites (N-methyl/N-ethyl adjacent to an activating group) is 1. The van der Waals surface area contributed by atoms with Crippen LogP contribution in [0.5, 0.6) is 0 Å². The third-order valence-electron chi connectivity index (χ3n) is 3.67. The van der Waals surface area contributed by atoms with Crippen molar-refractivity contribution in [3.05, 3.63) is 71.8 Å². The molecule has 1 amide bonds. The highest BCUT2D eigenvalue weighted by atomic mass is 16.6. The van der Waals surface area contributed by atoms with Crippen molar-refractivity contribution in [1.82, 2.24) is 4.90 Å². The number of benzene rings is 2. The van der Waals surface area contributed by atoms with Gasteiger partial charge in [0.25, 0.3) is 0 Å². The molecule has 0 unspecified atom stereocenters. The van der Waals surface area contributed by atoms with Gasteiger partial charge in [-0.15, -0.1) is 0 Å². The molecule has 2 aromatic carbocycles. The molecule has 24 heavy (non-hydrogen) atoms. The van der Waals surface area contributed by atoms with Gasteiger partial charge >= 0.3 is 6.09 Å². The lowest BCUT2D eigenvalue weighted by molar-refractivity contribution is 0.00331. The van der Waals surface area contributed by atoms with Gasteiger partial charge in [-0.05, 0) is 31.9 Å². The molecule has 0 aliphatic carbocycles. The lowest BCUT2D eigenvalue weighted by Gasteiger charge is -2.34. The Bertz CT molecular complexity index is 623. The molecule has 2 aromatic rings. The summed E-state index contributed by atoms with van der Waals surface area (Å²) < 4.78 is 5.39. The Morgan fingerprint density at radius 3 is 1.75 bits per heavy atom. The highest BCUT2D eigenvalue weighted by Gasteiger charge is 2.35. The first kappa shape index (κ1) is 18.0. The number of hydrogen-bond acceptors (Lipinski definition) is 3. The van der Waals surface area contributed by atoms with Gasteiger partial charge < -0.3 is 14.7 Å². The van der Waals surface area contributed by atoms with Crippen LogP contribution in [0.2, 0.25) is 0 Å². The topological polar surface area (TPSA) is 49.8 Å². The van der Waals surface area contributed by atoms with Crippen molar-refractivity contribution in [1.29, 1.82) is 0 Å². The molecule has 0 saturated carbocycles. The molecule has 2 rings (SSSR count). The van der Waals surface area contributed by atoms with Crippen LogP contribution in [0.25, 0.3) is 0 Å². The van der Waals surface area contributed by atoms with Crippen molar-refractivity contribution in [3.63, 3.8) is 0 Å². The van der Waals surface area contributed by atoms with E-state index >= 15 is 0 Å². The monoisotopic (exact) mass is 327 g/mol. The average Bonchev–Trinajstić information content (AvgIpc) is 2.54. The SMILES string of the molecule is CN(CC(O)(c1ccccc1)c1ccccc1)C(=O)OC(C)(C)C. The maximum Gasteiger partial charge on any atom is 0.410 e. The smallest absolute Gasteiger partial charge is 0.410 e. The maximum absolute atomic E-state index is 12.3. The Labute approximate surface area is 143 Å². The molecule has 0 aromatic heterocycles. The van der Waals surface area contributed by atoms with Gasteiger partial charge in [-0.2, -0.15) is 0 Å². The van der Waals surface area contributed by atoms with Gasteiger partial charge in [0.15, 0.2) is 0 Å². The number of carbonyl (C=O) groups excluding carboxylic acids is 1. The van der Waals surface area contributed by atoms with Crippen LogP contribution in [0.1, 0.15) is 31.9 Å². The predicted molar refractivity (Wildman–Crippen MR) is 94.7 cm³/mol. The summed E-state index contributed by atoms with van der Waals surface area (Å²) in [5, 5.41) is 11.4. The van der Waals surface area contributed by atoms with Crippen LogP contribution >= 0.6 is 0 Å². The molecule has 0 heterocycles. The molecule has 0 atom stereocenters. The molecule has 0 aliphatic heterocycles. The second-order valence-corrected chi connectivity index (χ2v) is 6.93. The minimum Gasteiger partial charge on any atom is -0.444 e. The summed E-state index contributed by atoms with van der Waals surface area (Å²) in [6.45, 7) is 5.55. The number of hydrogen-bond donors (Lipinski definition) is 1. The summed E-state index contributed by atoms with van der Waals surface area (Å²) in [6, 6.07) is 18.7. The standard InChI is InChI=1S/C20H25NO3/c1-19(2,3)24-18(22)21(4)15-20(23,16-11-7-5-8-12-16)17-13-9-6-10-14-17/h5-14,23H,15H2,1-4H3. The van der Waals surface area contributed by atoms with Crippen molar-refractivity contribution < 1.29 is 14.6 Å². The van der Waals surface area contributed by atoms with E-state index in [0.717, 1.165) is 11.1 Å². The van der Waals surface area contributed by atoms with Crippen LogP contribution in [0.3, 0.4) is 0 Å². The molecule has 0 bridgehead atoms. The molecule has 1 N–H and O–H groups in total. The summed E-state index contributed by atoms with van der Waals surface area (Å²) in [5.41, 5.74) is -0.435. The first-order chi connectivity index (χ1) is 11.2. The Morgan fingerprint density at radius 2 is 1.38 bits per heavy atom. The molecule has 4 heteroatoms. The zero-order valence-corrected chi connectivity index (χ0v) is 14.7. The second kappa shape index (κ2) is 7.05. The van der Waals surface area contributed by atoms with Crippen LogP contribution < -0.4 is 0 Å². The fraction of sp³-hybridized carbons (Fsp3) is 0.350. The van der Waals surface area contributed by atoms with E-state index in [2.05, 4.69) is 0 Å². The number of amides is 1. The van der Waals surface area contributed by atoms with Gasteiger partial charge in [-0.3, -0.25) is 0 Å². The summed E-state index contributed by atoms with van der Waals surface area (Å²) in [4.78, 5) is 13.7. The lowest BCUT2D eigenvalue weighted by Crippen LogP contribution is -2.44. The highest BCUT2D eigenvalue weighted by Crippen LogP contribution is 2.30.